The van der Waals surface area contributed by atoms with Gasteiger partial charge < -0.3 is 0 Å². The largest absolute Gasteiger partial charge is 0.501 e. The van der Waals surface area contributed by atoms with Crippen molar-refractivity contribution in [1.29, 1.82) is 0 Å². The minimum absolute atomic E-state index is 0.0349. The van der Waals surface area contributed by atoms with Crippen molar-refractivity contribution >= 4 is 38.3 Å². The van der Waals surface area contributed by atoms with Gasteiger partial charge >= 0.3 is 5.51 Å². The molecule has 0 N–H and O–H groups in total. The Bertz CT molecular complexity index is 1130. The Hall–Kier alpha value is -2.11. The zero-order valence-corrected chi connectivity index (χ0v) is 17.0. The lowest BCUT2D eigenvalue weighted by atomic mass is 10.1. The lowest BCUT2D eigenvalue weighted by molar-refractivity contribution is -0.0436. The van der Waals surface area contributed by atoms with Crippen molar-refractivity contribution in [3.8, 4) is 10.6 Å². The number of benzene rings is 1. The summed E-state index contributed by atoms with van der Waals surface area (Å²) in [5, 5.41) is 3.28. The second-order valence-corrected chi connectivity index (χ2v) is 9.93. The summed E-state index contributed by atoms with van der Waals surface area (Å²) in [6, 6.07) is 3.72. The van der Waals surface area contributed by atoms with Gasteiger partial charge in [-0.2, -0.15) is 13.2 Å². The van der Waals surface area contributed by atoms with Crippen LogP contribution in [0.2, 0.25) is 0 Å². The fourth-order valence-corrected chi connectivity index (χ4v) is 4.96. The minimum Gasteiger partial charge on any atom is -0.294 e. The van der Waals surface area contributed by atoms with E-state index in [0.29, 0.717) is 5.01 Å². The maximum Gasteiger partial charge on any atom is 0.501 e. The molecule has 0 spiro atoms. The molecule has 11 heteroatoms. The molecule has 0 aliphatic heterocycles. The summed E-state index contributed by atoms with van der Waals surface area (Å²) in [7, 11) is -5.43. The summed E-state index contributed by atoms with van der Waals surface area (Å²) >= 11 is 2.80. The Morgan fingerprint density at radius 1 is 1.11 bits per heavy atom. The van der Waals surface area contributed by atoms with E-state index < -0.39 is 20.2 Å². The highest BCUT2D eigenvalue weighted by atomic mass is 32.2. The molecule has 28 heavy (non-hydrogen) atoms. The first kappa shape index (κ1) is 20.6. The number of thiazole rings is 2. The predicted octanol–water partition coefficient (Wildman–Crippen LogP) is 4.60. The smallest absolute Gasteiger partial charge is 0.294 e. The van der Waals surface area contributed by atoms with Crippen molar-refractivity contribution in [3.05, 3.63) is 50.9 Å². The highest BCUT2D eigenvalue weighted by molar-refractivity contribution is 7.92. The van der Waals surface area contributed by atoms with Crippen LogP contribution in [0.25, 0.3) is 10.6 Å². The lowest BCUT2D eigenvalue weighted by Gasteiger charge is -2.08. The van der Waals surface area contributed by atoms with Crippen LogP contribution in [0, 0.1) is 13.8 Å². The van der Waals surface area contributed by atoms with E-state index >= 15 is 0 Å². The van der Waals surface area contributed by atoms with E-state index in [-0.39, 0.29) is 17.8 Å². The number of halogens is 3. The van der Waals surface area contributed by atoms with E-state index in [0.717, 1.165) is 45.5 Å². The minimum atomic E-state index is -5.43. The van der Waals surface area contributed by atoms with Gasteiger partial charge in [0.25, 0.3) is 9.84 Å². The van der Waals surface area contributed by atoms with Crippen LogP contribution < -0.4 is 0 Å². The first-order valence-electron chi connectivity index (χ1n) is 7.82. The Morgan fingerprint density at radius 2 is 1.75 bits per heavy atom. The molecule has 3 aromatic rings. The molecule has 0 saturated carbocycles. The SMILES string of the molecule is Cc1nc(C)c(-c2csc(CC(=O)c3ccc(S(=O)(=O)C(F)(F)F)cc3)n2)s1. The normalized spacial score (nSPS) is 12.3. The van der Waals surface area contributed by atoms with Crippen LogP contribution in [-0.4, -0.2) is 29.7 Å². The molecule has 1 aromatic carbocycles. The number of aromatic nitrogens is 2. The van der Waals surface area contributed by atoms with E-state index in [4.69, 9.17) is 0 Å². The first-order chi connectivity index (χ1) is 13.0. The van der Waals surface area contributed by atoms with Crippen LogP contribution in [0.4, 0.5) is 13.2 Å². The quantitative estimate of drug-likeness (QED) is 0.535. The van der Waals surface area contributed by atoms with Crippen molar-refractivity contribution in [3.63, 3.8) is 0 Å². The molecule has 0 aliphatic rings. The molecule has 0 atom stereocenters. The molecule has 0 unspecified atom stereocenters. The van der Waals surface area contributed by atoms with Crippen LogP contribution in [0.15, 0.2) is 34.5 Å². The van der Waals surface area contributed by atoms with Gasteiger partial charge in [-0.05, 0) is 26.0 Å². The fourth-order valence-electron chi connectivity index (χ4n) is 2.46. The van der Waals surface area contributed by atoms with E-state index in [2.05, 4.69) is 9.97 Å². The number of sulfone groups is 1. The average molecular weight is 446 g/mol. The monoisotopic (exact) mass is 446 g/mol. The van der Waals surface area contributed by atoms with Crippen molar-refractivity contribution in [1.82, 2.24) is 9.97 Å². The van der Waals surface area contributed by atoms with Crippen LogP contribution in [0.3, 0.4) is 0 Å². The number of alkyl halides is 3. The molecule has 0 saturated heterocycles. The van der Waals surface area contributed by atoms with Gasteiger partial charge in [0.05, 0.1) is 32.6 Å². The Morgan fingerprint density at radius 3 is 2.29 bits per heavy atom. The second-order valence-electron chi connectivity index (χ2n) is 5.85. The number of aryl methyl sites for hydroxylation is 2. The molecule has 0 radical (unpaired) electrons. The van der Waals surface area contributed by atoms with Gasteiger partial charge in [-0.25, -0.2) is 18.4 Å². The van der Waals surface area contributed by atoms with E-state index in [1.54, 1.807) is 0 Å². The third-order valence-electron chi connectivity index (χ3n) is 3.79. The molecule has 2 heterocycles. The summed E-state index contributed by atoms with van der Waals surface area (Å²) in [5.41, 5.74) is -3.69. The topological polar surface area (TPSA) is 77.0 Å². The second kappa shape index (κ2) is 7.37. The molecule has 0 bridgehead atoms. The Balaban J connectivity index is 1.76. The number of carbonyl (C=O) groups excluding carboxylic acids is 1. The van der Waals surface area contributed by atoms with Crippen molar-refractivity contribution in [2.45, 2.75) is 30.7 Å². The summed E-state index contributed by atoms with van der Waals surface area (Å²) in [6.07, 6.45) is -0.0349. The maximum absolute atomic E-state index is 12.6. The van der Waals surface area contributed by atoms with Gasteiger partial charge in [-0.1, -0.05) is 12.1 Å². The fraction of sp³-hybridized carbons (Fsp3) is 0.235. The Kier molecular flexibility index (Phi) is 5.43. The summed E-state index contributed by atoms with van der Waals surface area (Å²) in [4.78, 5) is 21.2. The molecule has 5 nitrogen and oxygen atoms in total. The Labute approximate surface area is 166 Å². The molecule has 0 amide bonds. The van der Waals surface area contributed by atoms with E-state index in [1.165, 1.54) is 22.7 Å². The van der Waals surface area contributed by atoms with Crippen LogP contribution >= 0.6 is 22.7 Å². The molecule has 2 aromatic heterocycles. The number of nitrogens with zero attached hydrogens (tertiary/aromatic N) is 2. The first-order valence-corrected chi connectivity index (χ1v) is 11.0. The van der Waals surface area contributed by atoms with Gasteiger partial charge in [-0.3, -0.25) is 4.79 Å². The zero-order valence-electron chi connectivity index (χ0n) is 14.6. The molecule has 3 rings (SSSR count). The third-order valence-corrected chi connectivity index (χ3v) is 7.24. The van der Waals surface area contributed by atoms with Crippen molar-refractivity contribution < 1.29 is 26.4 Å². The molecule has 148 valence electrons. The van der Waals surface area contributed by atoms with Crippen LogP contribution in [0.1, 0.15) is 26.1 Å². The predicted molar refractivity (Wildman–Crippen MR) is 100 cm³/mol. The third kappa shape index (κ3) is 4.01. The number of hydrogen-bond donors (Lipinski definition) is 0. The lowest BCUT2D eigenvalue weighted by Crippen LogP contribution is -2.23. The van der Waals surface area contributed by atoms with E-state index in [1.807, 2.05) is 19.2 Å². The number of hydrogen-bond acceptors (Lipinski definition) is 7. The van der Waals surface area contributed by atoms with Crippen molar-refractivity contribution in [2.75, 3.05) is 0 Å². The number of ketones is 1. The van der Waals surface area contributed by atoms with Gasteiger partial charge in [0.1, 0.15) is 5.01 Å². The number of rotatable bonds is 5. The van der Waals surface area contributed by atoms with Crippen LogP contribution in [0.5, 0.6) is 0 Å². The maximum atomic E-state index is 12.6. The van der Waals surface area contributed by atoms with E-state index in [9.17, 15) is 26.4 Å². The van der Waals surface area contributed by atoms with Crippen LogP contribution in [-0.2, 0) is 16.3 Å². The van der Waals surface area contributed by atoms with Crippen molar-refractivity contribution in [2.24, 2.45) is 0 Å². The average Bonchev–Trinajstić information content (AvgIpc) is 3.19. The molecule has 0 aliphatic carbocycles. The summed E-state index contributed by atoms with van der Waals surface area (Å²) in [5.74, 6) is -0.367. The van der Waals surface area contributed by atoms with Gasteiger partial charge in [0.2, 0.25) is 0 Å². The van der Waals surface area contributed by atoms with Gasteiger partial charge in [0.15, 0.2) is 5.78 Å². The number of Topliss-reactive ketones (excluding diaryl/α,β-unsaturated/α-hetero) is 1. The molecular weight excluding hydrogens is 433 g/mol. The number of carbonyl (C=O) groups is 1. The summed E-state index contributed by atoms with van der Waals surface area (Å²) in [6.45, 7) is 3.76. The standard InChI is InChI=1S/C17H13F3N2O3S3/c1-9-16(27-10(2)21-9)13-8-26-15(22-13)7-14(23)11-3-5-12(6-4-11)28(24,25)17(18,19)20/h3-6,8H,7H2,1-2H3. The van der Waals surface area contributed by atoms with Gasteiger partial charge in [-0.15, -0.1) is 22.7 Å². The summed E-state index contributed by atoms with van der Waals surface area (Å²) < 4.78 is 60.5. The zero-order chi connectivity index (χ0) is 20.7. The van der Waals surface area contributed by atoms with Gasteiger partial charge in [0, 0.05) is 10.9 Å². The highest BCUT2D eigenvalue weighted by Gasteiger charge is 2.46. The molecule has 0 fully saturated rings. The highest BCUT2D eigenvalue weighted by Crippen LogP contribution is 2.32. The molecular formula is C17H13F3N2O3S3.